The number of nitrogens with zero attached hydrogens (tertiary/aromatic N) is 1. The summed E-state index contributed by atoms with van der Waals surface area (Å²) in [6.45, 7) is 0. The maximum absolute atomic E-state index is 13.4. The van der Waals surface area contributed by atoms with Crippen molar-refractivity contribution in [2.24, 2.45) is 0 Å². The van der Waals surface area contributed by atoms with Gasteiger partial charge in [0.1, 0.15) is 0 Å². The molecule has 3 aromatic rings. The van der Waals surface area contributed by atoms with Crippen LogP contribution in [0.15, 0.2) is 58.3 Å². The summed E-state index contributed by atoms with van der Waals surface area (Å²) in [5.41, 5.74) is -0.0142. The monoisotopic (exact) mass is 406 g/mol. The highest BCUT2D eigenvalue weighted by molar-refractivity contribution is 6.36. The lowest BCUT2D eigenvalue weighted by molar-refractivity contribution is 0.0906. The Morgan fingerprint density at radius 1 is 1.00 bits per heavy atom. The number of aromatic nitrogens is 2. The van der Waals surface area contributed by atoms with Crippen molar-refractivity contribution in [1.82, 2.24) is 9.55 Å². The second kappa shape index (κ2) is 7.90. The number of carbonyl (C=O) groups is 1. The third kappa shape index (κ3) is 4.18. The first-order valence-corrected chi connectivity index (χ1v) is 8.66. The fourth-order valence-electron chi connectivity index (χ4n) is 2.68. The van der Waals surface area contributed by atoms with Crippen LogP contribution in [0.3, 0.4) is 0 Å². The van der Waals surface area contributed by atoms with Gasteiger partial charge in [-0.2, -0.15) is 4.39 Å². The molecule has 0 bridgehead atoms. The van der Waals surface area contributed by atoms with Gasteiger partial charge in [0.15, 0.2) is 0 Å². The van der Waals surface area contributed by atoms with E-state index in [4.69, 9.17) is 23.2 Å². The standard InChI is InChI=1S/C19H13Cl2FN2O3/c20-14-6-3-7-15(21)13(14)8-11-4-1-2-5-12(11)9-17(25)24-10-16(22)18(26)23-19(24)27/h1-7,10H,8-9H2,(H,23,26,27). The molecule has 0 saturated carbocycles. The van der Waals surface area contributed by atoms with E-state index in [0.717, 1.165) is 5.56 Å². The first-order chi connectivity index (χ1) is 12.9. The minimum absolute atomic E-state index is 0.163. The molecular weight excluding hydrogens is 394 g/mol. The number of aromatic amines is 1. The van der Waals surface area contributed by atoms with Crippen LogP contribution in [-0.2, 0) is 12.8 Å². The second-order valence-corrected chi connectivity index (χ2v) is 6.64. The van der Waals surface area contributed by atoms with Gasteiger partial charge in [0.05, 0.1) is 12.6 Å². The molecule has 0 unspecified atom stereocenters. The van der Waals surface area contributed by atoms with Crippen LogP contribution < -0.4 is 11.2 Å². The van der Waals surface area contributed by atoms with Crippen molar-refractivity contribution in [1.29, 1.82) is 0 Å². The summed E-state index contributed by atoms with van der Waals surface area (Å²) in [6, 6.07) is 12.3. The lowest BCUT2D eigenvalue weighted by Crippen LogP contribution is -2.35. The number of rotatable bonds is 4. The third-order valence-corrected chi connectivity index (χ3v) is 4.76. The van der Waals surface area contributed by atoms with Crippen molar-refractivity contribution in [2.45, 2.75) is 12.8 Å². The molecule has 27 heavy (non-hydrogen) atoms. The molecule has 0 aliphatic heterocycles. The molecule has 5 nitrogen and oxygen atoms in total. The Bertz CT molecular complexity index is 1120. The Balaban J connectivity index is 1.93. The molecule has 1 aromatic heterocycles. The SMILES string of the molecule is O=C(Cc1ccccc1Cc1c(Cl)cccc1Cl)n1cc(F)c(=O)[nH]c1=O. The van der Waals surface area contributed by atoms with Gasteiger partial charge in [-0.25, -0.2) is 9.36 Å². The lowest BCUT2D eigenvalue weighted by atomic mass is 9.97. The Labute approximate surface area is 163 Å². The van der Waals surface area contributed by atoms with E-state index in [1.807, 2.05) is 6.07 Å². The Morgan fingerprint density at radius 3 is 2.30 bits per heavy atom. The lowest BCUT2D eigenvalue weighted by Gasteiger charge is -2.12. The van der Waals surface area contributed by atoms with Gasteiger partial charge in [0.2, 0.25) is 11.7 Å². The average Bonchev–Trinajstić information content (AvgIpc) is 2.62. The number of nitrogens with one attached hydrogen (secondary N) is 1. The van der Waals surface area contributed by atoms with Gasteiger partial charge in [0.25, 0.3) is 5.56 Å². The molecule has 0 amide bonds. The quantitative estimate of drug-likeness (QED) is 0.720. The van der Waals surface area contributed by atoms with E-state index in [0.29, 0.717) is 38.4 Å². The van der Waals surface area contributed by atoms with Crippen LogP contribution in [0.4, 0.5) is 4.39 Å². The van der Waals surface area contributed by atoms with Crippen LogP contribution in [0, 0.1) is 5.82 Å². The molecule has 1 heterocycles. The molecule has 138 valence electrons. The van der Waals surface area contributed by atoms with E-state index >= 15 is 0 Å². The number of carbonyl (C=O) groups excluding carboxylic acids is 1. The smallest absolute Gasteiger partial charge is 0.274 e. The maximum atomic E-state index is 13.4. The van der Waals surface area contributed by atoms with Gasteiger partial charge in [-0.1, -0.05) is 53.5 Å². The summed E-state index contributed by atoms with van der Waals surface area (Å²) in [4.78, 5) is 37.1. The first-order valence-electron chi connectivity index (χ1n) is 7.91. The Kier molecular flexibility index (Phi) is 5.58. The normalized spacial score (nSPS) is 10.8. The van der Waals surface area contributed by atoms with Crippen molar-refractivity contribution in [3.63, 3.8) is 0 Å². The highest BCUT2D eigenvalue weighted by Gasteiger charge is 2.15. The maximum Gasteiger partial charge on any atom is 0.335 e. The molecule has 3 rings (SSSR count). The second-order valence-electron chi connectivity index (χ2n) is 5.82. The van der Waals surface area contributed by atoms with E-state index in [1.54, 1.807) is 41.4 Å². The summed E-state index contributed by atoms with van der Waals surface area (Å²) < 4.78 is 14.0. The predicted octanol–water partition coefficient (Wildman–Crippen LogP) is 3.46. The summed E-state index contributed by atoms with van der Waals surface area (Å²) in [5, 5.41) is 1.00. The predicted molar refractivity (Wildman–Crippen MR) is 101 cm³/mol. The molecule has 1 N–H and O–H groups in total. The highest BCUT2D eigenvalue weighted by Crippen LogP contribution is 2.28. The summed E-state index contributed by atoms with van der Waals surface area (Å²) in [5.74, 6) is -1.88. The summed E-state index contributed by atoms with van der Waals surface area (Å²) >= 11 is 12.4. The zero-order valence-electron chi connectivity index (χ0n) is 13.8. The zero-order valence-corrected chi connectivity index (χ0v) is 15.4. The van der Waals surface area contributed by atoms with E-state index in [2.05, 4.69) is 0 Å². The number of benzene rings is 2. The van der Waals surface area contributed by atoms with Crippen molar-refractivity contribution in [3.05, 3.63) is 102 Å². The fourth-order valence-corrected chi connectivity index (χ4v) is 3.21. The van der Waals surface area contributed by atoms with Crippen LogP contribution in [0.2, 0.25) is 10.0 Å². The zero-order chi connectivity index (χ0) is 19.6. The molecule has 0 aliphatic rings. The number of hydrogen-bond donors (Lipinski definition) is 1. The number of halogens is 3. The molecule has 0 spiro atoms. The Morgan fingerprint density at radius 2 is 1.63 bits per heavy atom. The molecule has 0 aliphatic carbocycles. The third-order valence-electron chi connectivity index (χ3n) is 4.06. The van der Waals surface area contributed by atoms with Crippen LogP contribution in [0.5, 0.6) is 0 Å². The molecule has 0 atom stereocenters. The van der Waals surface area contributed by atoms with Crippen molar-refractivity contribution in [2.75, 3.05) is 0 Å². The van der Waals surface area contributed by atoms with Gasteiger partial charge in [-0.3, -0.25) is 14.6 Å². The van der Waals surface area contributed by atoms with Gasteiger partial charge < -0.3 is 0 Å². The fraction of sp³-hybridized carbons (Fsp3) is 0.105. The molecule has 8 heteroatoms. The van der Waals surface area contributed by atoms with Crippen molar-refractivity contribution < 1.29 is 9.18 Å². The minimum atomic E-state index is -1.21. The van der Waals surface area contributed by atoms with Gasteiger partial charge in [-0.15, -0.1) is 0 Å². The molecular formula is C19H13Cl2FN2O3. The summed E-state index contributed by atoms with van der Waals surface area (Å²) in [7, 11) is 0. The molecule has 0 fully saturated rings. The van der Waals surface area contributed by atoms with Gasteiger partial charge >= 0.3 is 5.69 Å². The largest absolute Gasteiger partial charge is 0.335 e. The Hall–Kier alpha value is -2.70. The number of H-pyrrole nitrogens is 1. The summed E-state index contributed by atoms with van der Waals surface area (Å²) in [6.07, 6.45) is 0.817. The van der Waals surface area contributed by atoms with Crippen LogP contribution >= 0.6 is 23.2 Å². The van der Waals surface area contributed by atoms with E-state index in [1.165, 1.54) is 0 Å². The first kappa shape index (κ1) is 19.1. The van der Waals surface area contributed by atoms with E-state index < -0.39 is 23.0 Å². The average molecular weight is 407 g/mol. The van der Waals surface area contributed by atoms with Crippen LogP contribution in [0.1, 0.15) is 21.5 Å². The van der Waals surface area contributed by atoms with E-state index in [-0.39, 0.29) is 6.42 Å². The molecule has 0 saturated heterocycles. The van der Waals surface area contributed by atoms with Crippen molar-refractivity contribution >= 4 is 29.1 Å². The minimum Gasteiger partial charge on any atom is -0.274 e. The topological polar surface area (TPSA) is 71.9 Å². The van der Waals surface area contributed by atoms with Gasteiger partial charge in [0, 0.05) is 16.5 Å². The number of hydrogen-bond acceptors (Lipinski definition) is 3. The van der Waals surface area contributed by atoms with Gasteiger partial charge in [-0.05, 0) is 28.8 Å². The van der Waals surface area contributed by atoms with E-state index in [9.17, 15) is 18.8 Å². The van der Waals surface area contributed by atoms with Crippen molar-refractivity contribution in [3.8, 4) is 0 Å². The molecule has 0 radical (unpaired) electrons. The van der Waals surface area contributed by atoms with Crippen LogP contribution in [0.25, 0.3) is 0 Å². The molecule has 2 aromatic carbocycles. The highest BCUT2D eigenvalue weighted by atomic mass is 35.5. The van der Waals surface area contributed by atoms with Crippen LogP contribution in [-0.4, -0.2) is 15.5 Å².